The maximum atomic E-state index is 9.78. The maximum absolute atomic E-state index is 9.78. The Morgan fingerprint density at radius 2 is 2.25 bits per heavy atom. The summed E-state index contributed by atoms with van der Waals surface area (Å²) in [7, 11) is 1.64. The van der Waals surface area contributed by atoms with Crippen LogP contribution in [0.3, 0.4) is 0 Å². The van der Waals surface area contributed by atoms with Crippen LogP contribution in [0, 0.1) is 0 Å². The smallest absolute Gasteiger partial charge is 0.0900 e. The average molecular weight is 228 g/mol. The van der Waals surface area contributed by atoms with Crippen LogP contribution < -0.4 is 5.32 Å². The molecular formula is C12H24N2O2. The van der Waals surface area contributed by atoms with Crippen molar-refractivity contribution in [2.75, 3.05) is 33.4 Å². The zero-order chi connectivity index (χ0) is 11.4. The van der Waals surface area contributed by atoms with E-state index in [0.717, 1.165) is 19.6 Å². The van der Waals surface area contributed by atoms with Crippen molar-refractivity contribution < 1.29 is 9.84 Å². The topological polar surface area (TPSA) is 44.7 Å². The third-order valence-electron chi connectivity index (χ3n) is 3.48. The van der Waals surface area contributed by atoms with E-state index in [1.165, 1.54) is 25.7 Å². The van der Waals surface area contributed by atoms with Crippen molar-refractivity contribution in [2.24, 2.45) is 0 Å². The summed E-state index contributed by atoms with van der Waals surface area (Å²) in [6.07, 6.45) is 4.83. The molecule has 0 amide bonds. The quantitative estimate of drug-likeness (QED) is 0.654. The van der Waals surface area contributed by atoms with Crippen LogP contribution in [-0.2, 0) is 4.74 Å². The van der Waals surface area contributed by atoms with Gasteiger partial charge in [0.25, 0.3) is 0 Å². The van der Waals surface area contributed by atoms with Crippen molar-refractivity contribution in [3.05, 3.63) is 0 Å². The van der Waals surface area contributed by atoms with Gasteiger partial charge in [0.1, 0.15) is 0 Å². The average Bonchev–Trinajstić information content (AvgIpc) is 2.98. The molecule has 1 saturated carbocycles. The molecule has 0 aromatic heterocycles. The summed E-state index contributed by atoms with van der Waals surface area (Å²) < 4.78 is 4.98. The highest BCUT2D eigenvalue weighted by molar-refractivity contribution is 4.89. The van der Waals surface area contributed by atoms with E-state index in [0.29, 0.717) is 18.7 Å². The van der Waals surface area contributed by atoms with E-state index >= 15 is 0 Å². The molecular weight excluding hydrogens is 204 g/mol. The predicted octanol–water partition coefficient (Wildman–Crippen LogP) is 0.210. The molecule has 0 bridgehead atoms. The van der Waals surface area contributed by atoms with Crippen LogP contribution in [0.25, 0.3) is 0 Å². The van der Waals surface area contributed by atoms with Gasteiger partial charge in [-0.1, -0.05) is 0 Å². The highest BCUT2D eigenvalue weighted by Gasteiger charge is 2.32. The number of hydrogen-bond acceptors (Lipinski definition) is 4. The summed E-state index contributed by atoms with van der Waals surface area (Å²) in [5.74, 6) is 0. The molecule has 16 heavy (non-hydrogen) atoms. The van der Waals surface area contributed by atoms with Gasteiger partial charge in [0.05, 0.1) is 12.7 Å². The first-order valence-corrected chi connectivity index (χ1v) is 6.44. The van der Waals surface area contributed by atoms with Crippen molar-refractivity contribution in [1.82, 2.24) is 10.2 Å². The monoisotopic (exact) mass is 228 g/mol. The van der Waals surface area contributed by atoms with Gasteiger partial charge in [0.2, 0.25) is 0 Å². The lowest BCUT2D eigenvalue weighted by Gasteiger charge is -2.27. The van der Waals surface area contributed by atoms with Gasteiger partial charge in [-0.25, -0.2) is 0 Å². The Labute approximate surface area is 98.0 Å². The zero-order valence-corrected chi connectivity index (χ0v) is 10.2. The fourth-order valence-electron chi connectivity index (χ4n) is 2.52. The van der Waals surface area contributed by atoms with Gasteiger partial charge in [-0.3, -0.25) is 4.90 Å². The minimum absolute atomic E-state index is 0.341. The highest BCUT2D eigenvalue weighted by Crippen LogP contribution is 2.27. The molecule has 2 atom stereocenters. The number of nitrogens with zero attached hydrogens (tertiary/aromatic N) is 1. The maximum Gasteiger partial charge on any atom is 0.0900 e. The van der Waals surface area contributed by atoms with Crippen molar-refractivity contribution in [1.29, 1.82) is 0 Å². The number of ether oxygens (including phenoxy) is 1. The van der Waals surface area contributed by atoms with Crippen molar-refractivity contribution in [3.63, 3.8) is 0 Å². The summed E-state index contributed by atoms with van der Waals surface area (Å²) in [5.41, 5.74) is 0. The van der Waals surface area contributed by atoms with Gasteiger partial charge in [-0.15, -0.1) is 0 Å². The van der Waals surface area contributed by atoms with Crippen LogP contribution in [0.1, 0.15) is 25.7 Å². The molecule has 0 radical (unpaired) electrons. The van der Waals surface area contributed by atoms with E-state index in [-0.39, 0.29) is 6.10 Å². The summed E-state index contributed by atoms with van der Waals surface area (Å²) in [4.78, 5) is 2.44. The molecule has 0 aromatic carbocycles. The number of rotatable bonds is 7. The summed E-state index contributed by atoms with van der Waals surface area (Å²) in [5, 5.41) is 13.3. The minimum Gasteiger partial charge on any atom is -0.389 e. The van der Waals surface area contributed by atoms with E-state index < -0.39 is 0 Å². The normalized spacial score (nSPS) is 27.6. The van der Waals surface area contributed by atoms with Gasteiger partial charge in [-0.2, -0.15) is 0 Å². The fraction of sp³-hybridized carbons (Fsp3) is 1.00. The summed E-state index contributed by atoms with van der Waals surface area (Å²) >= 11 is 0. The summed E-state index contributed by atoms with van der Waals surface area (Å²) in [6.45, 7) is 3.45. The molecule has 1 heterocycles. The van der Waals surface area contributed by atoms with E-state index in [4.69, 9.17) is 4.74 Å². The van der Waals surface area contributed by atoms with Gasteiger partial charge in [0, 0.05) is 32.3 Å². The first kappa shape index (κ1) is 12.3. The fourth-order valence-corrected chi connectivity index (χ4v) is 2.52. The third kappa shape index (κ3) is 3.70. The van der Waals surface area contributed by atoms with Crippen LogP contribution in [0.15, 0.2) is 0 Å². The molecule has 1 saturated heterocycles. The van der Waals surface area contributed by atoms with Gasteiger partial charge in [-0.05, 0) is 32.2 Å². The molecule has 94 valence electrons. The van der Waals surface area contributed by atoms with Gasteiger partial charge >= 0.3 is 0 Å². The Hall–Kier alpha value is -0.160. The van der Waals surface area contributed by atoms with Crippen LogP contribution in [0.4, 0.5) is 0 Å². The second kappa shape index (κ2) is 5.96. The second-order valence-corrected chi connectivity index (χ2v) is 5.09. The lowest BCUT2D eigenvalue weighted by atomic mass is 10.2. The molecule has 4 heteroatoms. The number of aliphatic hydroxyl groups is 1. The molecule has 4 nitrogen and oxygen atoms in total. The zero-order valence-electron chi connectivity index (χ0n) is 10.2. The van der Waals surface area contributed by atoms with Crippen molar-refractivity contribution in [3.8, 4) is 0 Å². The Balaban J connectivity index is 1.75. The molecule has 2 aliphatic rings. The van der Waals surface area contributed by atoms with Crippen molar-refractivity contribution in [2.45, 2.75) is 43.9 Å². The molecule has 2 unspecified atom stereocenters. The lowest BCUT2D eigenvalue weighted by Crippen LogP contribution is -2.43. The molecule has 1 aliphatic carbocycles. The van der Waals surface area contributed by atoms with Crippen molar-refractivity contribution >= 4 is 0 Å². The molecule has 2 rings (SSSR count). The third-order valence-corrected chi connectivity index (χ3v) is 3.48. The predicted molar refractivity (Wildman–Crippen MR) is 63.5 cm³/mol. The van der Waals surface area contributed by atoms with Crippen LogP contribution in [0.2, 0.25) is 0 Å². The SMILES string of the molecule is COCC(O)CN(CC1CCCN1)C1CC1. The highest BCUT2D eigenvalue weighted by atomic mass is 16.5. The Morgan fingerprint density at radius 1 is 1.44 bits per heavy atom. The molecule has 2 N–H and O–H groups in total. The molecule has 1 aliphatic heterocycles. The standard InChI is InChI=1S/C12H24N2O2/c1-16-9-12(15)8-14(11-4-5-11)7-10-3-2-6-13-10/h10-13,15H,2-9H2,1H3. The van der Waals surface area contributed by atoms with Gasteiger partial charge in [0.15, 0.2) is 0 Å². The minimum atomic E-state index is -0.341. The second-order valence-electron chi connectivity index (χ2n) is 5.09. The number of hydrogen-bond donors (Lipinski definition) is 2. The van der Waals surface area contributed by atoms with E-state index in [1.54, 1.807) is 7.11 Å². The largest absolute Gasteiger partial charge is 0.389 e. The lowest BCUT2D eigenvalue weighted by molar-refractivity contribution is 0.0338. The number of nitrogens with one attached hydrogen (secondary N) is 1. The van der Waals surface area contributed by atoms with Gasteiger partial charge < -0.3 is 15.2 Å². The number of methoxy groups -OCH3 is 1. The first-order chi connectivity index (χ1) is 7.79. The first-order valence-electron chi connectivity index (χ1n) is 6.44. The van der Waals surface area contributed by atoms with E-state index in [9.17, 15) is 5.11 Å². The number of aliphatic hydroxyl groups excluding tert-OH is 1. The Morgan fingerprint density at radius 3 is 2.81 bits per heavy atom. The Bertz CT molecular complexity index is 203. The molecule has 0 spiro atoms. The van der Waals surface area contributed by atoms with E-state index in [1.807, 2.05) is 0 Å². The molecule has 2 fully saturated rings. The van der Waals surface area contributed by atoms with E-state index in [2.05, 4.69) is 10.2 Å². The summed E-state index contributed by atoms with van der Waals surface area (Å²) in [6, 6.07) is 1.35. The Kier molecular flexibility index (Phi) is 4.58. The molecule has 0 aromatic rings. The van der Waals surface area contributed by atoms with Crippen LogP contribution >= 0.6 is 0 Å². The van der Waals surface area contributed by atoms with Crippen LogP contribution in [-0.4, -0.2) is 61.5 Å². The van der Waals surface area contributed by atoms with Crippen LogP contribution in [0.5, 0.6) is 0 Å².